The fourth-order valence-corrected chi connectivity index (χ4v) is 4.60. The van der Waals surface area contributed by atoms with Crippen molar-refractivity contribution in [2.75, 3.05) is 0 Å². The van der Waals surface area contributed by atoms with E-state index in [4.69, 9.17) is 0 Å². The molecule has 0 saturated heterocycles. The lowest BCUT2D eigenvalue weighted by atomic mass is 9.79. The minimum absolute atomic E-state index is 0.200. The van der Waals surface area contributed by atoms with E-state index in [9.17, 15) is 18.0 Å². The van der Waals surface area contributed by atoms with E-state index in [2.05, 4.69) is 10.3 Å². The Morgan fingerprint density at radius 2 is 1.41 bits per heavy atom. The number of hydrogen-bond acceptors (Lipinski definition) is 2. The van der Waals surface area contributed by atoms with Crippen LogP contribution in [-0.2, 0) is 18.1 Å². The third-order valence-electron chi connectivity index (χ3n) is 6.44. The predicted molar refractivity (Wildman–Crippen MR) is 138 cm³/mol. The van der Waals surface area contributed by atoms with Gasteiger partial charge in [-0.1, -0.05) is 78.9 Å². The Hall–Kier alpha value is -4.45. The minimum Gasteiger partial charge on any atom is -0.337 e. The SMILES string of the molecule is O=C(NC(Cc1ccccc1)(c1cccc(C(F)(F)F)c1)c1ccccn1)c1ccc2ccccc2c1. The molecule has 4 aromatic carbocycles. The van der Waals surface area contributed by atoms with Crippen molar-refractivity contribution >= 4 is 16.7 Å². The monoisotopic (exact) mass is 496 g/mol. The van der Waals surface area contributed by atoms with E-state index in [1.165, 1.54) is 6.07 Å². The van der Waals surface area contributed by atoms with Gasteiger partial charge in [0.15, 0.2) is 0 Å². The number of carbonyl (C=O) groups excluding carboxylic acids is 1. The normalized spacial score (nSPS) is 13.2. The molecule has 0 aliphatic carbocycles. The van der Waals surface area contributed by atoms with Crippen molar-refractivity contribution in [1.82, 2.24) is 10.3 Å². The zero-order valence-corrected chi connectivity index (χ0v) is 19.7. The van der Waals surface area contributed by atoms with Gasteiger partial charge < -0.3 is 5.32 Å². The molecule has 1 heterocycles. The maximum Gasteiger partial charge on any atom is 0.416 e. The number of rotatable bonds is 6. The molecule has 184 valence electrons. The molecular formula is C31H23F3N2O. The summed E-state index contributed by atoms with van der Waals surface area (Å²) in [5.74, 6) is -0.412. The molecule has 0 bridgehead atoms. The largest absolute Gasteiger partial charge is 0.416 e. The van der Waals surface area contributed by atoms with Gasteiger partial charge in [0, 0.05) is 18.2 Å². The first-order chi connectivity index (χ1) is 17.8. The first-order valence-corrected chi connectivity index (χ1v) is 11.8. The molecule has 1 N–H and O–H groups in total. The number of halogens is 3. The van der Waals surface area contributed by atoms with Crippen molar-refractivity contribution < 1.29 is 18.0 Å². The Labute approximate surface area is 212 Å². The van der Waals surface area contributed by atoms with Gasteiger partial charge in [-0.2, -0.15) is 13.2 Å². The zero-order valence-electron chi connectivity index (χ0n) is 19.7. The maximum absolute atomic E-state index is 13.8. The molecule has 5 aromatic rings. The second-order valence-corrected chi connectivity index (χ2v) is 8.88. The molecule has 0 aliphatic heterocycles. The average molecular weight is 497 g/mol. The fraction of sp³-hybridized carbons (Fsp3) is 0.0968. The van der Waals surface area contributed by atoms with Gasteiger partial charge in [0.1, 0.15) is 5.54 Å². The van der Waals surface area contributed by atoms with E-state index in [0.717, 1.165) is 28.5 Å². The molecule has 0 saturated carbocycles. The Bertz CT molecular complexity index is 1540. The molecule has 1 aromatic heterocycles. The van der Waals surface area contributed by atoms with Gasteiger partial charge in [0.25, 0.3) is 5.91 Å². The molecule has 5 rings (SSSR count). The van der Waals surface area contributed by atoms with E-state index >= 15 is 0 Å². The zero-order chi connectivity index (χ0) is 25.9. The summed E-state index contributed by atoms with van der Waals surface area (Å²) in [4.78, 5) is 18.3. The average Bonchev–Trinajstić information content (AvgIpc) is 2.93. The summed E-state index contributed by atoms with van der Waals surface area (Å²) in [6, 6.07) is 32.7. The summed E-state index contributed by atoms with van der Waals surface area (Å²) in [5.41, 5.74) is -0.194. The molecule has 0 aliphatic rings. The number of fused-ring (bicyclic) bond motifs is 1. The van der Waals surface area contributed by atoms with E-state index in [1.54, 1.807) is 42.6 Å². The van der Waals surface area contributed by atoms with Gasteiger partial charge in [0.05, 0.1) is 11.3 Å². The molecular weight excluding hydrogens is 473 g/mol. The summed E-state index contributed by atoms with van der Waals surface area (Å²) in [7, 11) is 0. The van der Waals surface area contributed by atoms with Crippen LogP contribution in [0.25, 0.3) is 10.8 Å². The third kappa shape index (κ3) is 5.09. The van der Waals surface area contributed by atoms with E-state index in [0.29, 0.717) is 16.8 Å². The van der Waals surface area contributed by atoms with Gasteiger partial charge in [0.2, 0.25) is 0 Å². The first kappa shape index (κ1) is 24.3. The second-order valence-electron chi connectivity index (χ2n) is 8.88. The highest BCUT2D eigenvalue weighted by Crippen LogP contribution is 2.37. The maximum atomic E-state index is 13.8. The number of alkyl halides is 3. The molecule has 37 heavy (non-hydrogen) atoms. The quantitative estimate of drug-likeness (QED) is 0.271. The Balaban J connectivity index is 1.69. The number of nitrogens with one attached hydrogen (secondary N) is 1. The van der Waals surface area contributed by atoms with Crippen LogP contribution < -0.4 is 5.32 Å². The number of hydrogen-bond donors (Lipinski definition) is 1. The predicted octanol–water partition coefficient (Wildman–Crippen LogP) is 7.17. The second kappa shape index (κ2) is 9.90. The van der Waals surface area contributed by atoms with E-state index in [1.807, 2.05) is 60.7 Å². The summed E-state index contributed by atoms with van der Waals surface area (Å²) >= 11 is 0. The Morgan fingerprint density at radius 3 is 2.14 bits per heavy atom. The van der Waals surface area contributed by atoms with Gasteiger partial charge in [-0.25, -0.2) is 0 Å². The number of carbonyl (C=O) groups is 1. The third-order valence-corrected chi connectivity index (χ3v) is 6.44. The van der Waals surface area contributed by atoms with Crippen LogP contribution in [0.2, 0.25) is 0 Å². The number of pyridine rings is 1. The van der Waals surface area contributed by atoms with Crippen LogP contribution in [0.1, 0.15) is 32.7 Å². The first-order valence-electron chi connectivity index (χ1n) is 11.8. The van der Waals surface area contributed by atoms with Crippen molar-refractivity contribution in [2.24, 2.45) is 0 Å². The highest BCUT2D eigenvalue weighted by molar-refractivity contribution is 5.99. The summed E-state index contributed by atoms with van der Waals surface area (Å²) in [6.45, 7) is 0. The van der Waals surface area contributed by atoms with Crippen molar-refractivity contribution in [2.45, 2.75) is 18.1 Å². The summed E-state index contributed by atoms with van der Waals surface area (Å²) in [6.07, 6.45) is -2.77. The van der Waals surface area contributed by atoms with Crippen molar-refractivity contribution in [3.63, 3.8) is 0 Å². The van der Waals surface area contributed by atoms with Crippen LogP contribution in [0, 0.1) is 0 Å². The molecule has 0 spiro atoms. The summed E-state index contributed by atoms with van der Waals surface area (Å²) in [5, 5.41) is 4.98. The van der Waals surface area contributed by atoms with Crippen molar-refractivity contribution in [1.29, 1.82) is 0 Å². The van der Waals surface area contributed by atoms with Crippen LogP contribution in [0.3, 0.4) is 0 Å². The number of aromatic nitrogens is 1. The van der Waals surface area contributed by atoms with Crippen molar-refractivity contribution in [3.05, 3.63) is 149 Å². The van der Waals surface area contributed by atoms with Gasteiger partial charge in [-0.15, -0.1) is 0 Å². The van der Waals surface area contributed by atoms with Crippen LogP contribution in [0.4, 0.5) is 13.2 Å². The fourth-order valence-electron chi connectivity index (χ4n) is 4.60. The lowest BCUT2D eigenvalue weighted by Crippen LogP contribution is -2.49. The number of amides is 1. The Kier molecular flexibility index (Phi) is 6.49. The molecule has 3 nitrogen and oxygen atoms in total. The smallest absolute Gasteiger partial charge is 0.337 e. The molecule has 0 fully saturated rings. The highest BCUT2D eigenvalue weighted by atomic mass is 19.4. The number of benzene rings is 4. The van der Waals surface area contributed by atoms with Crippen molar-refractivity contribution in [3.8, 4) is 0 Å². The minimum atomic E-state index is -4.54. The summed E-state index contributed by atoms with van der Waals surface area (Å²) < 4.78 is 41.3. The van der Waals surface area contributed by atoms with Crippen LogP contribution in [0.15, 0.2) is 121 Å². The molecule has 0 radical (unpaired) electrons. The van der Waals surface area contributed by atoms with Crippen LogP contribution in [-0.4, -0.2) is 10.9 Å². The molecule has 6 heteroatoms. The van der Waals surface area contributed by atoms with E-state index in [-0.39, 0.29) is 6.42 Å². The lowest BCUT2D eigenvalue weighted by Gasteiger charge is -2.36. The van der Waals surface area contributed by atoms with Gasteiger partial charge in [-0.3, -0.25) is 9.78 Å². The van der Waals surface area contributed by atoms with E-state index < -0.39 is 23.2 Å². The van der Waals surface area contributed by atoms with Crippen LogP contribution in [0.5, 0.6) is 0 Å². The highest BCUT2D eigenvalue weighted by Gasteiger charge is 2.40. The topological polar surface area (TPSA) is 42.0 Å². The standard InChI is InChI=1S/C31H23F3N2O/c32-31(33,34)27-14-8-13-26(20-27)30(28-15-6-7-18-35-28,21-22-9-2-1-3-10-22)36-29(37)25-17-16-23-11-4-5-12-24(23)19-25/h1-20H,21H2,(H,36,37). The van der Waals surface area contributed by atoms with Gasteiger partial charge >= 0.3 is 6.18 Å². The molecule has 1 amide bonds. The van der Waals surface area contributed by atoms with Gasteiger partial charge in [-0.05, 0) is 58.3 Å². The number of nitrogens with zero attached hydrogens (tertiary/aromatic N) is 1. The lowest BCUT2D eigenvalue weighted by molar-refractivity contribution is -0.137. The molecule has 1 atom stereocenters. The molecule has 1 unspecified atom stereocenters. The Morgan fingerprint density at radius 1 is 0.703 bits per heavy atom. The van der Waals surface area contributed by atoms with Crippen LogP contribution >= 0.6 is 0 Å².